The Morgan fingerprint density at radius 2 is 2.00 bits per heavy atom. The van der Waals surface area contributed by atoms with Crippen LogP contribution in [0.5, 0.6) is 0 Å². The van der Waals surface area contributed by atoms with Crippen LogP contribution in [0.1, 0.15) is 32.6 Å². The molecule has 1 fully saturated rings. The van der Waals surface area contributed by atoms with Gasteiger partial charge in [-0.15, -0.1) is 0 Å². The van der Waals surface area contributed by atoms with Crippen molar-refractivity contribution in [2.75, 3.05) is 7.11 Å². The van der Waals surface area contributed by atoms with Crippen LogP contribution in [0.4, 0.5) is 0 Å². The predicted octanol–water partition coefficient (Wildman–Crippen LogP) is 2.78. The molecule has 1 aliphatic carbocycles. The van der Waals surface area contributed by atoms with Crippen LogP contribution in [0.2, 0.25) is 4.82 Å². The molecule has 0 radical (unpaired) electrons. The molecule has 0 aromatic heterocycles. The van der Waals surface area contributed by atoms with Gasteiger partial charge in [0.05, 0.1) is 0 Å². The molecular formula is C14H20OSe. The van der Waals surface area contributed by atoms with E-state index in [-0.39, 0.29) is 5.60 Å². The summed E-state index contributed by atoms with van der Waals surface area (Å²) in [5, 5.41) is 0. The number of benzene rings is 1. The Morgan fingerprint density at radius 3 is 2.69 bits per heavy atom. The standard InChI is InChI=1S/C14H20OSe/c1-14(15-2)11-7-6-10-13(14)16-12-8-4-3-5-9-12/h3-5,8-9,13H,6-7,10-11H2,1-2H3/t13-,14-/m1/s1. The van der Waals surface area contributed by atoms with Crippen molar-refractivity contribution < 1.29 is 4.74 Å². The Balaban J connectivity index is 2.07. The summed E-state index contributed by atoms with van der Waals surface area (Å²) in [7, 11) is 1.87. The zero-order valence-corrected chi connectivity index (χ0v) is 11.8. The summed E-state index contributed by atoms with van der Waals surface area (Å²) in [4.78, 5) is 0.737. The Kier molecular flexibility index (Phi) is 4.07. The number of hydrogen-bond donors (Lipinski definition) is 0. The van der Waals surface area contributed by atoms with Crippen LogP contribution in [-0.4, -0.2) is 27.7 Å². The van der Waals surface area contributed by atoms with Crippen LogP contribution in [0.15, 0.2) is 30.3 Å². The van der Waals surface area contributed by atoms with Crippen LogP contribution in [0.3, 0.4) is 0 Å². The monoisotopic (exact) mass is 284 g/mol. The van der Waals surface area contributed by atoms with Gasteiger partial charge in [0, 0.05) is 0 Å². The van der Waals surface area contributed by atoms with Gasteiger partial charge in [0.25, 0.3) is 0 Å². The van der Waals surface area contributed by atoms with E-state index in [1.54, 1.807) is 0 Å². The Bertz CT molecular complexity index is 325. The van der Waals surface area contributed by atoms with Gasteiger partial charge < -0.3 is 0 Å². The minimum absolute atomic E-state index is 0.119. The molecule has 2 atom stereocenters. The average molecular weight is 283 g/mol. The second-order valence-electron chi connectivity index (χ2n) is 4.68. The summed E-state index contributed by atoms with van der Waals surface area (Å²) in [6.07, 6.45) is 5.26. The summed E-state index contributed by atoms with van der Waals surface area (Å²) >= 11 is 0.548. The molecule has 0 N–H and O–H groups in total. The molecule has 2 heteroatoms. The molecule has 1 aliphatic rings. The quantitative estimate of drug-likeness (QED) is 0.775. The summed E-state index contributed by atoms with van der Waals surface area (Å²) in [5.41, 5.74) is 0.119. The van der Waals surface area contributed by atoms with E-state index in [9.17, 15) is 0 Å². The first-order valence-corrected chi connectivity index (χ1v) is 7.86. The van der Waals surface area contributed by atoms with Gasteiger partial charge in [0.15, 0.2) is 0 Å². The van der Waals surface area contributed by atoms with Gasteiger partial charge in [-0.2, -0.15) is 0 Å². The van der Waals surface area contributed by atoms with Crippen molar-refractivity contribution in [3.05, 3.63) is 30.3 Å². The Morgan fingerprint density at radius 1 is 1.25 bits per heavy atom. The van der Waals surface area contributed by atoms with Crippen LogP contribution in [-0.2, 0) is 4.74 Å². The van der Waals surface area contributed by atoms with Crippen LogP contribution >= 0.6 is 0 Å². The molecule has 1 saturated carbocycles. The molecule has 0 saturated heterocycles. The zero-order chi connectivity index (χ0) is 11.4. The third-order valence-electron chi connectivity index (χ3n) is 3.56. The first kappa shape index (κ1) is 12.2. The first-order valence-electron chi connectivity index (χ1n) is 6.01. The van der Waals surface area contributed by atoms with E-state index in [2.05, 4.69) is 37.3 Å². The SMILES string of the molecule is CO[C@]1(C)CCCC[C@H]1[Se]c1ccccc1. The van der Waals surface area contributed by atoms with Gasteiger partial charge >= 0.3 is 105 Å². The maximum absolute atomic E-state index is 5.78. The number of rotatable bonds is 3. The topological polar surface area (TPSA) is 9.23 Å². The van der Waals surface area contributed by atoms with Gasteiger partial charge in [-0.1, -0.05) is 0 Å². The molecule has 0 bridgehead atoms. The molecule has 0 aliphatic heterocycles. The van der Waals surface area contributed by atoms with Gasteiger partial charge in [-0.05, 0) is 0 Å². The van der Waals surface area contributed by atoms with Crippen molar-refractivity contribution in [2.45, 2.75) is 43.0 Å². The molecule has 2 rings (SSSR count). The number of methoxy groups -OCH3 is 1. The molecule has 1 nitrogen and oxygen atoms in total. The number of hydrogen-bond acceptors (Lipinski definition) is 1. The van der Waals surface area contributed by atoms with Crippen molar-refractivity contribution in [1.82, 2.24) is 0 Å². The molecule has 0 spiro atoms. The van der Waals surface area contributed by atoms with Gasteiger partial charge in [0.1, 0.15) is 0 Å². The van der Waals surface area contributed by atoms with E-state index in [0.717, 1.165) is 4.82 Å². The molecule has 1 aromatic rings. The summed E-state index contributed by atoms with van der Waals surface area (Å²) in [6.45, 7) is 2.29. The van der Waals surface area contributed by atoms with Crippen molar-refractivity contribution >= 4 is 19.4 Å². The van der Waals surface area contributed by atoms with E-state index in [0.29, 0.717) is 15.0 Å². The first-order chi connectivity index (χ1) is 7.74. The predicted molar refractivity (Wildman–Crippen MR) is 69.5 cm³/mol. The van der Waals surface area contributed by atoms with Gasteiger partial charge in [0.2, 0.25) is 0 Å². The minimum atomic E-state index is 0.119. The molecule has 1 aromatic carbocycles. The van der Waals surface area contributed by atoms with Crippen LogP contribution in [0.25, 0.3) is 0 Å². The van der Waals surface area contributed by atoms with E-state index >= 15 is 0 Å². The Labute approximate surface area is 105 Å². The molecular weight excluding hydrogens is 263 g/mol. The van der Waals surface area contributed by atoms with E-state index < -0.39 is 0 Å². The summed E-state index contributed by atoms with van der Waals surface area (Å²) in [5.74, 6) is 0. The fraction of sp³-hybridized carbons (Fsp3) is 0.571. The molecule has 0 unspecified atom stereocenters. The van der Waals surface area contributed by atoms with Crippen molar-refractivity contribution in [3.8, 4) is 0 Å². The van der Waals surface area contributed by atoms with Crippen molar-refractivity contribution in [2.24, 2.45) is 0 Å². The van der Waals surface area contributed by atoms with Crippen LogP contribution in [0, 0.1) is 0 Å². The zero-order valence-electron chi connectivity index (χ0n) is 10.1. The van der Waals surface area contributed by atoms with E-state index in [1.807, 2.05) is 7.11 Å². The van der Waals surface area contributed by atoms with E-state index in [1.165, 1.54) is 30.1 Å². The maximum atomic E-state index is 5.78. The summed E-state index contributed by atoms with van der Waals surface area (Å²) < 4.78 is 7.28. The van der Waals surface area contributed by atoms with Gasteiger partial charge in [-0.3, -0.25) is 0 Å². The second-order valence-corrected chi connectivity index (χ2v) is 7.36. The number of ether oxygens (including phenoxy) is 1. The van der Waals surface area contributed by atoms with Crippen molar-refractivity contribution in [3.63, 3.8) is 0 Å². The molecule has 88 valence electrons. The molecule has 16 heavy (non-hydrogen) atoms. The molecule has 0 amide bonds. The van der Waals surface area contributed by atoms with Crippen molar-refractivity contribution in [1.29, 1.82) is 0 Å². The van der Waals surface area contributed by atoms with Gasteiger partial charge in [-0.25, -0.2) is 0 Å². The fourth-order valence-corrected chi connectivity index (χ4v) is 5.27. The third kappa shape index (κ3) is 2.68. The van der Waals surface area contributed by atoms with Crippen LogP contribution < -0.4 is 4.46 Å². The molecule has 0 heterocycles. The Hall–Kier alpha value is -0.301. The second kappa shape index (κ2) is 5.35. The van der Waals surface area contributed by atoms with E-state index in [4.69, 9.17) is 4.74 Å². The third-order valence-corrected chi connectivity index (χ3v) is 6.84. The fourth-order valence-electron chi connectivity index (χ4n) is 2.35. The normalized spacial score (nSPS) is 30.2. The summed E-state index contributed by atoms with van der Waals surface area (Å²) in [6, 6.07) is 10.9. The average Bonchev–Trinajstić information content (AvgIpc) is 2.34.